The summed E-state index contributed by atoms with van der Waals surface area (Å²) in [4.78, 5) is 26.3. The Bertz CT molecular complexity index is 1460. The second-order valence-electron chi connectivity index (χ2n) is 10.4. The number of aliphatic hydroxyl groups is 2. The Balaban J connectivity index is 1.58. The van der Waals surface area contributed by atoms with Gasteiger partial charge in [-0.2, -0.15) is 0 Å². The van der Waals surface area contributed by atoms with Crippen LogP contribution in [-0.4, -0.2) is 55.1 Å². The SMILES string of the molecule is COc1cc(CCC(=O)N[C@H](CO)Cc2ccccc2)cc2c(C(=O)OCCCCCO)c(-c3ccc(C)cc3)oc12. The van der Waals surface area contributed by atoms with E-state index in [9.17, 15) is 14.7 Å². The van der Waals surface area contributed by atoms with Crippen LogP contribution in [0.1, 0.15) is 52.7 Å². The zero-order chi connectivity index (χ0) is 29.9. The number of hydrogen-bond acceptors (Lipinski definition) is 7. The summed E-state index contributed by atoms with van der Waals surface area (Å²) in [6, 6.07) is 20.7. The molecule has 0 aliphatic carbocycles. The maximum Gasteiger partial charge on any atom is 0.342 e. The summed E-state index contributed by atoms with van der Waals surface area (Å²) in [5.41, 5.74) is 4.38. The molecule has 0 spiro atoms. The maximum absolute atomic E-state index is 13.4. The van der Waals surface area contributed by atoms with Crippen LogP contribution in [0.4, 0.5) is 0 Å². The lowest BCUT2D eigenvalue weighted by molar-refractivity contribution is -0.122. The molecule has 0 saturated heterocycles. The molecule has 0 bridgehead atoms. The Hall–Kier alpha value is -4.14. The largest absolute Gasteiger partial charge is 0.493 e. The number of aryl methyl sites for hydroxylation is 2. The van der Waals surface area contributed by atoms with Gasteiger partial charge in [0.05, 0.1) is 26.4 Å². The van der Waals surface area contributed by atoms with E-state index in [1.54, 1.807) is 0 Å². The number of carbonyl (C=O) groups excluding carboxylic acids is 2. The first kappa shape index (κ1) is 30.8. The quantitative estimate of drug-likeness (QED) is 0.129. The van der Waals surface area contributed by atoms with Crippen LogP contribution >= 0.6 is 0 Å². The van der Waals surface area contributed by atoms with E-state index in [0.717, 1.165) is 28.7 Å². The lowest BCUT2D eigenvalue weighted by Gasteiger charge is -2.16. The van der Waals surface area contributed by atoms with Gasteiger partial charge in [0.1, 0.15) is 11.3 Å². The van der Waals surface area contributed by atoms with Crippen LogP contribution in [0.25, 0.3) is 22.3 Å². The monoisotopic (exact) mass is 573 g/mol. The van der Waals surface area contributed by atoms with Crippen molar-refractivity contribution in [2.24, 2.45) is 0 Å². The second-order valence-corrected chi connectivity index (χ2v) is 10.4. The van der Waals surface area contributed by atoms with E-state index in [0.29, 0.717) is 53.7 Å². The Morgan fingerprint density at radius 3 is 2.40 bits per heavy atom. The molecule has 3 aromatic carbocycles. The fourth-order valence-corrected chi connectivity index (χ4v) is 4.88. The molecule has 0 aliphatic heterocycles. The van der Waals surface area contributed by atoms with E-state index in [-0.39, 0.29) is 38.2 Å². The van der Waals surface area contributed by atoms with Crippen LogP contribution in [0.15, 0.2) is 71.1 Å². The average Bonchev–Trinajstić information content (AvgIpc) is 3.39. The number of furan rings is 1. The highest BCUT2D eigenvalue weighted by Gasteiger charge is 2.26. The molecule has 4 aromatic rings. The summed E-state index contributed by atoms with van der Waals surface area (Å²) in [5, 5.41) is 22.3. The van der Waals surface area contributed by atoms with Crippen LogP contribution in [0, 0.1) is 6.92 Å². The van der Waals surface area contributed by atoms with E-state index in [4.69, 9.17) is 19.0 Å². The van der Waals surface area contributed by atoms with E-state index in [2.05, 4.69) is 5.32 Å². The zero-order valence-electron chi connectivity index (χ0n) is 24.2. The van der Waals surface area contributed by atoms with Crippen molar-refractivity contribution in [1.82, 2.24) is 5.32 Å². The van der Waals surface area contributed by atoms with E-state index < -0.39 is 5.97 Å². The number of fused-ring (bicyclic) bond motifs is 1. The minimum atomic E-state index is -0.503. The van der Waals surface area contributed by atoms with Crippen LogP contribution in [0.2, 0.25) is 0 Å². The Labute approximate surface area is 246 Å². The summed E-state index contributed by atoms with van der Waals surface area (Å²) in [5.74, 6) is 0.164. The standard InChI is InChI=1S/C34H39NO7/c1-23-11-14-26(15-12-23)32-31(34(39)41-18-8-4-7-17-36)28-20-25(21-29(40-2)33(28)42-32)13-16-30(38)35-27(22-37)19-24-9-5-3-6-10-24/h3,5-6,9-12,14-15,20-21,27,36-37H,4,7-8,13,16-19,22H2,1-2H3,(H,35,38)/t27-/m0/s1. The average molecular weight is 574 g/mol. The van der Waals surface area contributed by atoms with Gasteiger partial charge in [-0.05, 0) is 62.3 Å². The van der Waals surface area contributed by atoms with Crippen molar-refractivity contribution in [1.29, 1.82) is 0 Å². The molecule has 0 unspecified atom stereocenters. The molecule has 1 heterocycles. The van der Waals surface area contributed by atoms with E-state index in [1.165, 1.54) is 7.11 Å². The predicted octanol–water partition coefficient (Wildman–Crippen LogP) is 5.39. The first-order valence-corrected chi connectivity index (χ1v) is 14.4. The van der Waals surface area contributed by atoms with Crippen LogP contribution in [0.3, 0.4) is 0 Å². The molecular weight excluding hydrogens is 534 g/mol. The third-order valence-electron chi connectivity index (χ3n) is 7.14. The number of methoxy groups -OCH3 is 1. The normalized spacial score (nSPS) is 11.8. The van der Waals surface area contributed by atoms with Crippen molar-refractivity contribution in [2.45, 2.75) is 51.5 Å². The fourth-order valence-electron chi connectivity index (χ4n) is 4.88. The Morgan fingerprint density at radius 1 is 0.952 bits per heavy atom. The van der Waals surface area contributed by atoms with Gasteiger partial charge >= 0.3 is 5.97 Å². The summed E-state index contributed by atoms with van der Waals surface area (Å²) >= 11 is 0. The molecule has 8 heteroatoms. The Morgan fingerprint density at radius 2 is 1.71 bits per heavy atom. The maximum atomic E-state index is 13.4. The van der Waals surface area contributed by atoms with Crippen LogP contribution in [-0.2, 0) is 22.4 Å². The molecule has 3 N–H and O–H groups in total. The third-order valence-corrected chi connectivity index (χ3v) is 7.14. The number of rotatable bonds is 15. The van der Waals surface area contributed by atoms with E-state index in [1.807, 2.05) is 73.7 Å². The number of esters is 1. The van der Waals surface area contributed by atoms with Gasteiger partial charge < -0.3 is 29.4 Å². The second kappa shape index (κ2) is 15.2. The lowest BCUT2D eigenvalue weighted by atomic mass is 10.0. The van der Waals surface area contributed by atoms with Gasteiger partial charge in [0.2, 0.25) is 5.91 Å². The predicted molar refractivity (Wildman–Crippen MR) is 162 cm³/mol. The first-order valence-electron chi connectivity index (χ1n) is 14.4. The van der Waals surface area contributed by atoms with Gasteiger partial charge in [0, 0.05) is 24.0 Å². The van der Waals surface area contributed by atoms with Crippen LogP contribution < -0.4 is 10.1 Å². The minimum absolute atomic E-state index is 0.103. The topological polar surface area (TPSA) is 118 Å². The molecule has 222 valence electrons. The summed E-state index contributed by atoms with van der Waals surface area (Å²) in [7, 11) is 1.54. The van der Waals surface area contributed by atoms with Gasteiger partial charge in [-0.1, -0.05) is 60.2 Å². The van der Waals surface area contributed by atoms with Crippen molar-refractivity contribution in [3.63, 3.8) is 0 Å². The number of benzene rings is 3. The fraction of sp³-hybridized carbons (Fsp3) is 0.353. The molecule has 0 fully saturated rings. The van der Waals surface area contributed by atoms with Crippen molar-refractivity contribution >= 4 is 22.8 Å². The minimum Gasteiger partial charge on any atom is -0.493 e. The number of aliphatic hydroxyl groups excluding tert-OH is 2. The molecule has 1 atom stereocenters. The van der Waals surface area contributed by atoms with Crippen molar-refractivity contribution in [3.05, 3.63) is 89.0 Å². The third kappa shape index (κ3) is 7.99. The van der Waals surface area contributed by atoms with Crippen molar-refractivity contribution in [2.75, 3.05) is 26.9 Å². The molecule has 4 rings (SSSR count). The number of carbonyl (C=O) groups is 2. The Kier molecular flexibility index (Phi) is 11.1. The number of ether oxygens (including phenoxy) is 2. The molecule has 1 amide bonds. The summed E-state index contributed by atoms with van der Waals surface area (Å²) in [6.45, 7) is 2.15. The number of nitrogens with one attached hydrogen (secondary N) is 1. The van der Waals surface area contributed by atoms with Gasteiger partial charge in [0.15, 0.2) is 11.3 Å². The highest BCUT2D eigenvalue weighted by atomic mass is 16.5. The smallest absolute Gasteiger partial charge is 0.342 e. The molecule has 0 saturated carbocycles. The first-order chi connectivity index (χ1) is 20.4. The van der Waals surface area contributed by atoms with Gasteiger partial charge in [-0.15, -0.1) is 0 Å². The van der Waals surface area contributed by atoms with Gasteiger partial charge in [-0.25, -0.2) is 4.79 Å². The van der Waals surface area contributed by atoms with Gasteiger partial charge in [-0.3, -0.25) is 4.79 Å². The molecule has 8 nitrogen and oxygen atoms in total. The van der Waals surface area contributed by atoms with Crippen LogP contribution in [0.5, 0.6) is 5.75 Å². The molecule has 0 aliphatic rings. The highest BCUT2D eigenvalue weighted by molar-refractivity contribution is 6.10. The summed E-state index contributed by atoms with van der Waals surface area (Å²) < 4.78 is 17.5. The molecule has 42 heavy (non-hydrogen) atoms. The van der Waals surface area contributed by atoms with E-state index >= 15 is 0 Å². The van der Waals surface area contributed by atoms with Crippen molar-refractivity contribution < 1.29 is 33.7 Å². The van der Waals surface area contributed by atoms with Gasteiger partial charge in [0.25, 0.3) is 0 Å². The van der Waals surface area contributed by atoms with Crippen molar-refractivity contribution in [3.8, 4) is 17.1 Å². The molecular formula is C34H39NO7. The number of hydrogen-bond donors (Lipinski definition) is 3. The number of amides is 1. The lowest BCUT2D eigenvalue weighted by Crippen LogP contribution is -2.39. The molecule has 1 aromatic heterocycles. The number of unbranched alkanes of at least 4 members (excludes halogenated alkanes) is 2. The summed E-state index contributed by atoms with van der Waals surface area (Å²) in [6.07, 6.45) is 3.16. The zero-order valence-corrected chi connectivity index (χ0v) is 24.2. The molecule has 0 radical (unpaired) electrons. The highest BCUT2D eigenvalue weighted by Crippen LogP contribution is 2.39.